The average molecular weight is 542 g/mol. The molecule has 0 aromatic heterocycles. The maximum atomic E-state index is 13.0. The zero-order chi connectivity index (χ0) is 20.0. The van der Waals surface area contributed by atoms with E-state index in [1.165, 1.54) is 23.5 Å². The first-order valence-corrected chi connectivity index (χ1v) is 11.8. The maximum Gasteiger partial charge on any atom is 0.202 e. The zero-order valence-electron chi connectivity index (χ0n) is 14.9. The van der Waals surface area contributed by atoms with Crippen molar-refractivity contribution >= 4 is 67.0 Å². The summed E-state index contributed by atoms with van der Waals surface area (Å²) in [5, 5.41) is 0. The minimum atomic E-state index is -0.128. The lowest BCUT2D eigenvalue weighted by Crippen LogP contribution is -2.02. The number of thioether (sulfide) groups is 2. The highest BCUT2D eigenvalue weighted by Crippen LogP contribution is 2.52. The third-order valence-electron chi connectivity index (χ3n) is 4.20. The number of hydrogen-bond donors (Lipinski definition) is 0. The Morgan fingerprint density at radius 2 is 1.14 bits per heavy atom. The van der Waals surface area contributed by atoms with E-state index in [9.17, 15) is 9.59 Å². The molecule has 0 saturated carbocycles. The van der Waals surface area contributed by atoms with Gasteiger partial charge >= 0.3 is 0 Å². The molecule has 144 valence electrons. The number of benzene rings is 2. The van der Waals surface area contributed by atoms with Crippen molar-refractivity contribution in [1.29, 1.82) is 0 Å². The topological polar surface area (TPSA) is 52.6 Å². The third kappa shape index (κ3) is 3.34. The van der Waals surface area contributed by atoms with Crippen LogP contribution in [0, 0.1) is 0 Å². The lowest BCUT2D eigenvalue weighted by molar-refractivity contribution is 0.101. The van der Waals surface area contributed by atoms with Gasteiger partial charge in [0, 0.05) is 20.9 Å². The summed E-state index contributed by atoms with van der Waals surface area (Å²) in [6.45, 7) is 4.88. The summed E-state index contributed by atoms with van der Waals surface area (Å²) in [6, 6.07) is 7.23. The minimum absolute atomic E-state index is 0.128. The number of allylic oxidation sites excluding steroid dienone is 2. The number of ketones is 2. The van der Waals surface area contributed by atoms with Gasteiger partial charge in [-0.05, 0) is 70.0 Å². The van der Waals surface area contributed by atoms with Gasteiger partial charge in [0.15, 0.2) is 0 Å². The summed E-state index contributed by atoms with van der Waals surface area (Å²) in [5.41, 5.74) is 1.17. The van der Waals surface area contributed by atoms with Crippen LogP contribution in [0.25, 0.3) is 0 Å². The summed E-state index contributed by atoms with van der Waals surface area (Å²) in [5.74, 6) is 1.12. The number of ether oxygens (including phenoxy) is 2. The van der Waals surface area contributed by atoms with Crippen molar-refractivity contribution in [2.24, 2.45) is 0 Å². The highest BCUT2D eigenvalue weighted by Gasteiger charge is 2.37. The van der Waals surface area contributed by atoms with Gasteiger partial charge in [-0.2, -0.15) is 0 Å². The summed E-state index contributed by atoms with van der Waals surface area (Å²) in [4.78, 5) is 28.5. The molecule has 0 atom stereocenters. The fraction of sp³-hybridized carbons (Fsp3) is 0.200. The van der Waals surface area contributed by atoms with E-state index >= 15 is 0 Å². The second kappa shape index (κ2) is 7.89. The Kier molecular flexibility index (Phi) is 5.66. The summed E-state index contributed by atoms with van der Waals surface area (Å²) < 4.78 is 12.7. The van der Waals surface area contributed by atoms with Crippen LogP contribution in [-0.2, 0) is 0 Å². The second-order valence-corrected chi connectivity index (χ2v) is 9.76. The number of fused-ring (bicyclic) bond motifs is 2. The number of Topliss-reactive ketones (excluding diaryl/α,β-unsaturated/α-hetero) is 2. The molecule has 2 aliphatic heterocycles. The predicted molar refractivity (Wildman–Crippen MR) is 118 cm³/mol. The van der Waals surface area contributed by atoms with Gasteiger partial charge in [-0.1, -0.05) is 23.5 Å². The fourth-order valence-electron chi connectivity index (χ4n) is 2.98. The van der Waals surface area contributed by atoms with E-state index in [2.05, 4.69) is 31.9 Å². The molecule has 2 aromatic carbocycles. The first kappa shape index (κ1) is 20.1. The van der Waals surface area contributed by atoms with Crippen LogP contribution in [0.4, 0.5) is 0 Å². The van der Waals surface area contributed by atoms with Crippen molar-refractivity contribution in [3.63, 3.8) is 0 Å². The van der Waals surface area contributed by atoms with Crippen molar-refractivity contribution in [2.45, 2.75) is 23.6 Å². The molecular weight excluding hydrogens is 528 g/mol. The highest BCUT2D eigenvalue weighted by molar-refractivity contribution is 9.11. The Morgan fingerprint density at radius 3 is 1.50 bits per heavy atom. The van der Waals surface area contributed by atoms with Gasteiger partial charge in [-0.25, -0.2) is 0 Å². The van der Waals surface area contributed by atoms with Crippen molar-refractivity contribution in [2.75, 3.05) is 13.2 Å². The quantitative estimate of drug-likeness (QED) is 0.412. The lowest BCUT2D eigenvalue weighted by Gasteiger charge is -2.07. The molecule has 28 heavy (non-hydrogen) atoms. The molecule has 0 spiro atoms. The minimum Gasteiger partial charge on any atom is -0.493 e. The van der Waals surface area contributed by atoms with Crippen LogP contribution in [0.3, 0.4) is 0 Å². The number of hydrogen-bond acceptors (Lipinski definition) is 6. The van der Waals surface area contributed by atoms with Crippen LogP contribution < -0.4 is 9.47 Å². The molecule has 0 unspecified atom stereocenters. The molecule has 0 aliphatic carbocycles. The van der Waals surface area contributed by atoms with Gasteiger partial charge < -0.3 is 9.47 Å². The Labute approximate surface area is 187 Å². The van der Waals surface area contributed by atoms with Crippen molar-refractivity contribution in [1.82, 2.24) is 0 Å². The molecule has 0 N–H and O–H groups in total. The molecule has 0 bridgehead atoms. The van der Waals surface area contributed by atoms with Gasteiger partial charge in [-0.15, -0.1) is 0 Å². The van der Waals surface area contributed by atoms with Gasteiger partial charge in [0.05, 0.1) is 32.0 Å². The van der Waals surface area contributed by atoms with E-state index in [4.69, 9.17) is 9.47 Å². The predicted octanol–water partition coefficient (Wildman–Crippen LogP) is 6.50. The van der Waals surface area contributed by atoms with E-state index < -0.39 is 0 Å². The normalized spacial score (nSPS) is 17.7. The fourth-order valence-corrected chi connectivity index (χ4v) is 6.22. The van der Waals surface area contributed by atoms with Crippen molar-refractivity contribution in [3.8, 4) is 11.5 Å². The maximum absolute atomic E-state index is 13.0. The van der Waals surface area contributed by atoms with E-state index in [-0.39, 0.29) is 11.6 Å². The van der Waals surface area contributed by atoms with Crippen LogP contribution in [0.15, 0.2) is 52.8 Å². The Hall–Kier alpha value is -1.22. The molecule has 2 aliphatic rings. The number of carbonyl (C=O) groups is 2. The molecule has 0 fully saturated rings. The summed E-state index contributed by atoms with van der Waals surface area (Å²) >= 11 is 9.56. The van der Waals surface area contributed by atoms with Crippen LogP contribution in [0.2, 0.25) is 0 Å². The molecule has 8 heteroatoms. The molecule has 0 saturated heterocycles. The van der Waals surface area contributed by atoms with Gasteiger partial charge in [0.2, 0.25) is 11.6 Å². The van der Waals surface area contributed by atoms with Crippen LogP contribution in [0.1, 0.15) is 34.6 Å². The largest absolute Gasteiger partial charge is 0.493 e. The lowest BCUT2D eigenvalue weighted by atomic mass is 10.1. The average Bonchev–Trinajstić information content (AvgIpc) is 3.14. The van der Waals surface area contributed by atoms with Crippen molar-refractivity contribution in [3.05, 3.63) is 54.1 Å². The Balaban J connectivity index is 1.74. The number of rotatable bonds is 4. The van der Waals surface area contributed by atoms with Gasteiger partial charge in [0.1, 0.15) is 11.5 Å². The standard InChI is InChI=1S/C20H14Br2O4S2/c1-3-25-13-7-15-9(5-11(13)21)17(23)19(27-15)20-18(24)10-6-12(22)14(26-4-2)8-16(10)28-20/h5-8H,3-4H2,1-2H3. The number of carbonyl (C=O) groups excluding carboxylic acids is 2. The monoisotopic (exact) mass is 540 g/mol. The van der Waals surface area contributed by atoms with Crippen molar-refractivity contribution < 1.29 is 19.1 Å². The summed E-state index contributed by atoms with van der Waals surface area (Å²) in [7, 11) is 0. The zero-order valence-corrected chi connectivity index (χ0v) is 19.7. The van der Waals surface area contributed by atoms with Crippen LogP contribution in [0.5, 0.6) is 11.5 Å². The molecule has 0 amide bonds. The Bertz CT molecular complexity index is 979. The molecule has 4 nitrogen and oxygen atoms in total. The summed E-state index contributed by atoms with van der Waals surface area (Å²) in [6.07, 6.45) is 0. The molecular formula is C20H14Br2O4S2. The highest BCUT2D eigenvalue weighted by atomic mass is 79.9. The molecule has 2 heterocycles. The molecule has 0 radical (unpaired) electrons. The number of halogens is 2. The van der Waals surface area contributed by atoms with E-state index in [0.29, 0.717) is 45.6 Å². The Morgan fingerprint density at radius 1 is 0.750 bits per heavy atom. The van der Waals surface area contributed by atoms with Gasteiger partial charge in [0.25, 0.3) is 0 Å². The van der Waals surface area contributed by atoms with E-state index in [1.807, 2.05) is 26.0 Å². The molecule has 2 aromatic rings. The SMILES string of the molecule is CCOc1cc2c(cc1Br)C(=O)C(=C1Sc3cc(OCC)c(Br)cc3C1=O)S2. The van der Waals surface area contributed by atoms with Crippen LogP contribution in [-0.4, -0.2) is 24.8 Å². The third-order valence-corrected chi connectivity index (χ3v) is 7.87. The van der Waals surface area contributed by atoms with Crippen LogP contribution >= 0.6 is 55.4 Å². The van der Waals surface area contributed by atoms with E-state index in [0.717, 1.165) is 18.7 Å². The smallest absolute Gasteiger partial charge is 0.202 e. The first-order valence-electron chi connectivity index (χ1n) is 8.56. The van der Waals surface area contributed by atoms with Gasteiger partial charge in [-0.3, -0.25) is 9.59 Å². The second-order valence-electron chi connectivity index (χ2n) is 5.94. The first-order chi connectivity index (χ1) is 13.4. The van der Waals surface area contributed by atoms with E-state index in [1.54, 1.807) is 12.1 Å². The molecule has 4 rings (SSSR count).